The number of ether oxygens (including phenoxy) is 1. The number of nitrogens with zero attached hydrogens (tertiary/aromatic N) is 3. The number of hydrogen-bond acceptors (Lipinski definition) is 3. The van der Waals surface area contributed by atoms with Gasteiger partial charge in [0.1, 0.15) is 11.4 Å². The molecule has 0 unspecified atom stereocenters. The second-order valence-electron chi connectivity index (χ2n) is 6.81. The fourth-order valence-corrected chi connectivity index (χ4v) is 3.34. The average Bonchev–Trinajstić information content (AvgIpc) is 3.20. The summed E-state index contributed by atoms with van der Waals surface area (Å²) >= 11 is 0. The maximum absolute atomic E-state index is 5.31. The third kappa shape index (κ3) is 3.37. The van der Waals surface area contributed by atoms with Crippen molar-refractivity contribution in [3.05, 3.63) is 85.1 Å². The Balaban J connectivity index is 1.92. The molecule has 0 atom stereocenters. The molecule has 0 N–H and O–H groups in total. The van der Waals surface area contributed by atoms with Crippen molar-refractivity contribution in [3.63, 3.8) is 0 Å². The summed E-state index contributed by atoms with van der Waals surface area (Å²) in [6.07, 6.45) is 2.11. The van der Waals surface area contributed by atoms with E-state index in [0.29, 0.717) is 0 Å². The van der Waals surface area contributed by atoms with Crippen LogP contribution in [-0.4, -0.2) is 31.0 Å². The molecular weight excluding hydrogens is 346 g/mol. The zero-order valence-corrected chi connectivity index (χ0v) is 16.3. The van der Waals surface area contributed by atoms with E-state index >= 15 is 0 Å². The standard InChI is InChI=1S/C24H23N3O/c1-26(2)23-12-8-7-11-21(23)22-17-27(19-9-5-4-6-10-19)25-24(22)18-13-15-20(28-3)16-14-18/h4-17H,1-3H3. The van der Waals surface area contributed by atoms with Gasteiger partial charge in [-0.05, 0) is 42.5 Å². The van der Waals surface area contributed by atoms with Crippen molar-refractivity contribution in [1.82, 2.24) is 9.78 Å². The Bertz CT molecular complexity index is 1070. The SMILES string of the molecule is COc1ccc(-c2nn(-c3ccccc3)cc2-c2ccccc2N(C)C)cc1. The van der Waals surface area contributed by atoms with Crippen molar-refractivity contribution in [2.45, 2.75) is 0 Å². The molecule has 0 saturated heterocycles. The van der Waals surface area contributed by atoms with Crippen LogP contribution in [0.5, 0.6) is 5.75 Å². The van der Waals surface area contributed by atoms with Crippen molar-refractivity contribution < 1.29 is 4.74 Å². The Morgan fingerprint density at radius 1 is 0.786 bits per heavy atom. The van der Waals surface area contributed by atoms with Gasteiger partial charge < -0.3 is 9.64 Å². The zero-order chi connectivity index (χ0) is 19.5. The first-order chi connectivity index (χ1) is 13.7. The van der Waals surface area contributed by atoms with Crippen LogP contribution in [-0.2, 0) is 0 Å². The number of hydrogen-bond donors (Lipinski definition) is 0. The molecule has 0 aliphatic carbocycles. The minimum Gasteiger partial charge on any atom is -0.497 e. The maximum atomic E-state index is 5.31. The molecule has 0 spiro atoms. The molecule has 4 nitrogen and oxygen atoms in total. The summed E-state index contributed by atoms with van der Waals surface area (Å²) in [4.78, 5) is 2.13. The van der Waals surface area contributed by atoms with Crippen molar-refractivity contribution in [2.24, 2.45) is 0 Å². The number of rotatable bonds is 5. The number of aromatic nitrogens is 2. The highest BCUT2D eigenvalue weighted by molar-refractivity contribution is 5.87. The Labute approximate surface area is 165 Å². The molecule has 0 bridgehead atoms. The highest BCUT2D eigenvalue weighted by Crippen LogP contribution is 2.37. The molecule has 0 saturated carbocycles. The van der Waals surface area contributed by atoms with Gasteiger partial charge in [-0.15, -0.1) is 0 Å². The molecule has 1 aromatic heterocycles. The molecular formula is C24H23N3O. The van der Waals surface area contributed by atoms with Crippen LogP contribution in [0.2, 0.25) is 0 Å². The van der Waals surface area contributed by atoms with E-state index in [1.165, 1.54) is 0 Å². The molecule has 0 amide bonds. The van der Waals surface area contributed by atoms with E-state index in [1.54, 1.807) is 7.11 Å². The highest BCUT2D eigenvalue weighted by Gasteiger charge is 2.17. The van der Waals surface area contributed by atoms with Gasteiger partial charge in [-0.1, -0.05) is 36.4 Å². The molecule has 3 aromatic carbocycles. The Kier molecular flexibility index (Phi) is 4.85. The summed E-state index contributed by atoms with van der Waals surface area (Å²) in [5.74, 6) is 0.835. The van der Waals surface area contributed by atoms with Gasteiger partial charge in [-0.25, -0.2) is 4.68 Å². The van der Waals surface area contributed by atoms with Crippen molar-refractivity contribution in [1.29, 1.82) is 0 Å². The minimum atomic E-state index is 0.835. The first kappa shape index (κ1) is 17.9. The number of methoxy groups -OCH3 is 1. The van der Waals surface area contributed by atoms with Crippen LogP contribution in [0.25, 0.3) is 28.1 Å². The highest BCUT2D eigenvalue weighted by atomic mass is 16.5. The second-order valence-corrected chi connectivity index (χ2v) is 6.81. The Hall–Kier alpha value is -3.53. The Morgan fingerprint density at radius 3 is 2.14 bits per heavy atom. The summed E-state index contributed by atoms with van der Waals surface area (Å²) in [5, 5.41) is 4.94. The molecule has 1 heterocycles. The third-order valence-electron chi connectivity index (χ3n) is 4.77. The van der Waals surface area contributed by atoms with Crippen LogP contribution in [0.1, 0.15) is 0 Å². The molecule has 0 aliphatic heterocycles. The summed E-state index contributed by atoms with van der Waals surface area (Å²) in [6, 6.07) is 26.6. The normalized spacial score (nSPS) is 10.7. The first-order valence-corrected chi connectivity index (χ1v) is 9.23. The smallest absolute Gasteiger partial charge is 0.118 e. The maximum Gasteiger partial charge on any atom is 0.118 e. The predicted octanol–water partition coefficient (Wildman–Crippen LogP) is 5.28. The molecule has 4 rings (SSSR count). The van der Waals surface area contributed by atoms with Crippen molar-refractivity contribution in [3.8, 4) is 33.8 Å². The zero-order valence-electron chi connectivity index (χ0n) is 16.3. The van der Waals surface area contributed by atoms with Gasteiger partial charge >= 0.3 is 0 Å². The minimum absolute atomic E-state index is 0.835. The van der Waals surface area contributed by atoms with E-state index < -0.39 is 0 Å². The number of benzene rings is 3. The topological polar surface area (TPSA) is 30.3 Å². The fourth-order valence-electron chi connectivity index (χ4n) is 3.34. The summed E-state index contributed by atoms with van der Waals surface area (Å²) in [5.41, 5.74) is 6.44. The van der Waals surface area contributed by atoms with Crippen LogP contribution in [0.15, 0.2) is 85.1 Å². The van der Waals surface area contributed by atoms with Gasteiger partial charge in [0.05, 0.1) is 12.8 Å². The van der Waals surface area contributed by atoms with Gasteiger partial charge in [-0.2, -0.15) is 5.10 Å². The predicted molar refractivity (Wildman–Crippen MR) is 115 cm³/mol. The van der Waals surface area contributed by atoms with Crippen LogP contribution in [0.3, 0.4) is 0 Å². The van der Waals surface area contributed by atoms with E-state index in [2.05, 4.69) is 73.7 Å². The van der Waals surface area contributed by atoms with Gasteiger partial charge in [0.25, 0.3) is 0 Å². The van der Waals surface area contributed by atoms with Gasteiger partial charge in [0.15, 0.2) is 0 Å². The lowest BCUT2D eigenvalue weighted by molar-refractivity contribution is 0.415. The van der Waals surface area contributed by atoms with E-state index in [1.807, 2.05) is 35.0 Å². The van der Waals surface area contributed by atoms with Crippen molar-refractivity contribution in [2.75, 3.05) is 26.1 Å². The van der Waals surface area contributed by atoms with E-state index in [9.17, 15) is 0 Å². The van der Waals surface area contributed by atoms with Gasteiger partial charge in [0, 0.05) is 42.7 Å². The number of para-hydroxylation sites is 2. The third-order valence-corrected chi connectivity index (χ3v) is 4.77. The van der Waals surface area contributed by atoms with Crippen LogP contribution >= 0.6 is 0 Å². The van der Waals surface area contributed by atoms with E-state index in [4.69, 9.17) is 9.84 Å². The second kappa shape index (κ2) is 7.61. The molecule has 0 radical (unpaired) electrons. The van der Waals surface area contributed by atoms with E-state index in [-0.39, 0.29) is 0 Å². The first-order valence-electron chi connectivity index (χ1n) is 9.23. The Morgan fingerprint density at radius 2 is 1.46 bits per heavy atom. The quantitative estimate of drug-likeness (QED) is 0.479. The van der Waals surface area contributed by atoms with Gasteiger partial charge in [0.2, 0.25) is 0 Å². The lowest BCUT2D eigenvalue weighted by Gasteiger charge is -2.17. The van der Waals surface area contributed by atoms with E-state index in [0.717, 1.165) is 39.5 Å². The molecule has 140 valence electrons. The van der Waals surface area contributed by atoms with Crippen LogP contribution in [0.4, 0.5) is 5.69 Å². The molecule has 4 aromatic rings. The van der Waals surface area contributed by atoms with Crippen LogP contribution in [0, 0.1) is 0 Å². The lowest BCUT2D eigenvalue weighted by Crippen LogP contribution is -2.09. The van der Waals surface area contributed by atoms with Crippen LogP contribution < -0.4 is 9.64 Å². The summed E-state index contributed by atoms with van der Waals surface area (Å²) in [7, 11) is 5.80. The largest absolute Gasteiger partial charge is 0.497 e. The molecule has 0 fully saturated rings. The summed E-state index contributed by atoms with van der Waals surface area (Å²) in [6.45, 7) is 0. The molecule has 28 heavy (non-hydrogen) atoms. The fraction of sp³-hybridized carbons (Fsp3) is 0.125. The molecule has 4 heteroatoms. The monoisotopic (exact) mass is 369 g/mol. The van der Waals surface area contributed by atoms with Gasteiger partial charge in [-0.3, -0.25) is 0 Å². The molecule has 0 aliphatic rings. The summed E-state index contributed by atoms with van der Waals surface area (Å²) < 4.78 is 7.26. The lowest BCUT2D eigenvalue weighted by atomic mass is 10.00. The van der Waals surface area contributed by atoms with Crippen molar-refractivity contribution >= 4 is 5.69 Å². The number of anilines is 1. The average molecular weight is 369 g/mol.